The van der Waals surface area contributed by atoms with E-state index >= 15 is 0 Å². The Kier molecular flexibility index (Phi) is 34.5. The zero-order valence-electron chi connectivity index (χ0n) is 72.9. The summed E-state index contributed by atoms with van der Waals surface area (Å²) in [7, 11) is 0. The van der Waals surface area contributed by atoms with Gasteiger partial charge in [-0.15, -0.1) is 0 Å². The van der Waals surface area contributed by atoms with Gasteiger partial charge in [-0.25, -0.2) is 9.59 Å². The molecule has 0 aromatic heterocycles. The van der Waals surface area contributed by atoms with E-state index in [1.165, 1.54) is 9.80 Å². The second-order valence-corrected chi connectivity index (χ2v) is 36.1. The number of esters is 2. The van der Waals surface area contributed by atoms with Crippen LogP contribution in [0.25, 0.3) is 0 Å². The highest BCUT2D eigenvalue weighted by Gasteiger charge is 2.49. The molecular formula is C92H128N10O20. The molecule has 2 aliphatic carbocycles. The van der Waals surface area contributed by atoms with Crippen LogP contribution < -0.4 is 52.0 Å². The number of hydrogen-bond donors (Lipinski definition) is 9. The Balaban J connectivity index is 0.000000277. The van der Waals surface area contributed by atoms with Gasteiger partial charge in [-0.05, 0) is 166 Å². The second kappa shape index (κ2) is 44.1. The van der Waals surface area contributed by atoms with Gasteiger partial charge in [0.1, 0.15) is 46.9 Å². The lowest BCUT2D eigenvalue weighted by Crippen LogP contribution is -2.58. The van der Waals surface area contributed by atoms with E-state index in [4.69, 9.17) is 28.4 Å². The topological polar surface area (TPSA) is 400 Å². The van der Waals surface area contributed by atoms with E-state index in [1.54, 1.807) is 109 Å². The molecule has 4 aromatic rings. The Labute approximate surface area is 716 Å². The van der Waals surface area contributed by atoms with Gasteiger partial charge in [0.2, 0.25) is 53.0 Å². The van der Waals surface area contributed by atoms with E-state index in [0.717, 1.165) is 75.3 Å². The first-order valence-electron chi connectivity index (χ1n) is 43.4. The van der Waals surface area contributed by atoms with Gasteiger partial charge in [0, 0.05) is 38.8 Å². The number of ketones is 1. The molecule has 10 amide bonds. The monoisotopic (exact) mass is 1690 g/mol. The van der Waals surface area contributed by atoms with Crippen LogP contribution in [-0.4, -0.2) is 208 Å². The van der Waals surface area contributed by atoms with Crippen LogP contribution in [0.4, 0.5) is 0 Å². The van der Waals surface area contributed by atoms with Crippen molar-refractivity contribution in [2.45, 2.75) is 301 Å². The summed E-state index contributed by atoms with van der Waals surface area (Å²) in [5.74, 6) is -7.42. The van der Waals surface area contributed by atoms with Crippen LogP contribution in [0.2, 0.25) is 0 Å². The number of nitrogens with zero attached hydrogens (tertiary/aromatic N) is 2. The molecule has 8 bridgehead atoms. The molecule has 9 N–H and O–H groups in total. The summed E-state index contributed by atoms with van der Waals surface area (Å²) in [5, 5.41) is 32.9. The molecule has 122 heavy (non-hydrogen) atoms. The average Bonchev–Trinajstić information content (AvgIpc) is 1.64. The third kappa shape index (κ3) is 28.9. The van der Waals surface area contributed by atoms with Gasteiger partial charge in [0.25, 0.3) is 11.8 Å². The zero-order valence-corrected chi connectivity index (χ0v) is 72.9. The molecule has 6 aliphatic rings. The highest BCUT2D eigenvalue weighted by atomic mass is 16.6. The van der Waals surface area contributed by atoms with Crippen molar-refractivity contribution >= 4 is 76.8 Å². The number of Topliss-reactive ketones (excluding diaryl/α,β-unsaturated/α-hetero) is 1. The quantitative estimate of drug-likeness (QED) is 0.0238. The number of amides is 10. The molecule has 0 spiro atoms. The summed E-state index contributed by atoms with van der Waals surface area (Å²) < 4.78 is 36.3. The molecular weight excluding hydrogens is 1570 g/mol. The number of carbonyl (C=O) groups excluding carboxylic acids is 13. The maximum atomic E-state index is 14.7. The van der Waals surface area contributed by atoms with Crippen LogP contribution in [0.15, 0.2) is 109 Å². The number of benzene rings is 4. The lowest BCUT2D eigenvalue weighted by atomic mass is 9.83. The van der Waals surface area contributed by atoms with E-state index in [0.29, 0.717) is 61.5 Å². The fourth-order valence-corrected chi connectivity index (χ4v) is 16.5. The molecule has 11 atom stereocenters. The molecule has 10 rings (SSSR count). The van der Waals surface area contributed by atoms with Crippen molar-refractivity contribution < 1.29 is 95.9 Å². The molecule has 3 unspecified atom stereocenters. The van der Waals surface area contributed by atoms with Crippen LogP contribution in [0, 0.1) is 11.8 Å². The number of hydrogen-bond acceptors (Lipinski definition) is 20. The predicted molar refractivity (Wildman–Crippen MR) is 453 cm³/mol. The molecule has 4 aliphatic heterocycles. The van der Waals surface area contributed by atoms with Crippen molar-refractivity contribution in [1.82, 2.24) is 52.3 Å². The average molecular weight is 1690 g/mol. The Morgan fingerprint density at radius 1 is 0.525 bits per heavy atom. The van der Waals surface area contributed by atoms with E-state index < -0.39 is 161 Å². The number of carbonyl (C=O) groups is 13. The molecule has 4 fully saturated rings. The summed E-state index contributed by atoms with van der Waals surface area (Å²) in [6.45, 7) is 21.2. The van der Waals surface area contributed by atoms with Gasteiger partial charge in [-0.3, -0.25) is 52.7 Å². The van der Waals surface area contributed by atoms with E-state index in [9.17, 15) is 67.4 Å². The summed E-state index contributed by atoms with van der Waals surface area (Å²) >= 11 is 0. The van der Waals surface area contributed by atoms with E-state index in [2.05, 4.69) is 42.5 Å². The zero-order chi connectivity index (χ0) is 88.6. The maximum Gasteiger partial charge on any atom is 0.333 e. The number of ether oxygens (including phenoxy) is 6. The minimum atomic E-state index is -1.76. The summed E-state index contributed by atoms with van der Waals surface area (Å²) in [4.78, 5) is 181. The Morgan fingerprint density at radius 2 is 0.934 bits per heavy atom. The first-order chi connectivity index (χ1) is 57.8. The molecule has 30 nitrogen and oxygen atoms in total. The van der Waals surface area contributed by atoms with Crippen LogP contribution in [0.3, 0.4) is 0 Å². The molecule has 4 heterocycles. The van der Waals surface area contributed by atoms with Crippen molar-refractivity contribution in [2.75, 3.05) is 39.4 Å². The predicted octanol–water partition coefficient (Wildman–Crippen LogP) is 7.81. The first kappa shape index (κ1) is 95.5. The first-order valence-corrected chi connectivity index (χ1v) is 43.4. The van der Waals surface area contributed by atoms with Gasteiger partial charge in [-0.1, -0.05) is 150 Å². The van der Waals surface area contributed by atoms with Crippen LogP contribution in [-0.2, 0) is 94.1 Å². The Bertz CT molecular complexity index is 4270. The molecule has 0 radical (unpaired) electrons. The lowest BCUT2D eigenvalue weighted by molar-refractivity contribution is -0.159. The number of fused-ring (bicyclic) bond motifs is 8. The largest absolute Gasteiger partial charge is 0.493 e. The van der Waals surface area contributed by atoms with Gasteiger partial charge in [0.05, 0.1) is 74.6 Å². The fourth-order valence-electron chi connectivity index (χ4n) is 16.5. The van der Waals surface area contributed by atoms with E-state index in [-0.39, 0.29) is 81.2 Å². The summed E-state index contributed by atoms with van der Waals surface area (Å²) in [5.41, 5.74) is -0.600. The molecule has 666 valence electrons. The minimum Gasteiger partial charge on any atom is -0.493 e. The molecule has 4 aromatic carbocycles. The SMILES string of the molecule is CCCC(NC(=O)[C@@H]1C[C@@H]2CN1C(=O)[C@H](C1CCCCC1)NC(=O)Cc1cccc(c1)OCCC(C)(C)O2)C(=O)C(=O)NCC(=O)N[C@H](C(=O)OC(C)(C)C)c1ccccc1.CCCC(NC(=O)[C@@H]1C[C@@H]2CN1C(=O)[C@H](C1CCCCC1)NC(=O)Cc1cccc(c1)OCCC(C)(C)O2)C(O)C(=O)NCC(=O)N[C@H](C(=O)OC(C)(C)C)c1ccccc1. The molecule has 2 saturated carbocycles. The lowest BCUT2D eigenvalue weighted by Gasteiger charge is -2.35. The van der Waals surface area contributed by atoms with Crippen molar-refractivity contribution in [3.63, 3.8) is 0 Å². The van der Waals surface area contributed by atoms with Gasteiger partial charge in [0.15, 0.2) is 18.2 Å². The van der Waals surface area contributed by atoms with Gasteiger partial charge < -0.3 is 85.9 Å². The number of aliphatic hydroxyl groups is 1. The number of nitrogens with one attached hydrogen (secondary N) is 8. The summed E-state index contributed by atoms with van der Waals surface area (Å²) in [6.07, 6.45) is 8.45. The highest BCUT2D eigenvalue weighted by Crippen LogP contribution is 2.36. The van der Waals surface area contributed by atoms with Crippen LogP contribution in [0.1, 0.15) is 233 Å². The third-order valence-corrected chi connectivity index (χ3v) is 22.6. The molecule has 30 heteroatoms. The maximum absolute atomic E-state index is 14.7. The second-order valence-electron chi connectivity index (χ2n) is 36.1. The van der Waals surface area contributed by atoms with Crippen LogP contribution >= 0.6 is 0 Å². The Hall–Kier alpha value is -10.3. The summed E-state index contributed by atoms with van der Waals surface area (Å²) in [6, 6.07) is 23.2. The van der Waals surface area contributed by atoms with Crippen molar-refractivity contribution in [2.24, 2.45) is 11.8 Å². The van der Waals surface area contributed by atoms with Gasteiger partial charge in [-0.2, -0.15) is 0 Å². The van der Waals surface area contributed by atoms with Gasteiger partial charge >= 0.3 is 11.9 Å². The normalized spacial score (nSPS) is 22.4. The third-order valence-electron chi connectivity index (χ3n) is 22.6. The number of rotatable bonds is 24. The van der Waals surface area contributed by atoms with Crippen molar-refractivity contribution in [3.05, 3.63) is 131 Å². The minimum absolute atomic E-state index is 0.0384. The van der Waals surface area contributed by atoms with Crippen molar-refractivity contribution in [3.8, 4) is 11.5 Å². The standard InChI is InChI=1S/C46H65N5O10.C46H63N5O10/c2*1-7-15-34(40(54)42(56)47-27-37(53)50-39(31-19-12-9-13-20-31)44(58)61-45(2,3)4)48-41(55)35-26-33-28-51(35)43(57)38(30-17-10-8-11-18-30)49-36(52)25-29-16-14-21-32(24-29)59-23-22-46(5,6)60-33/h9,12-14,16,19-21,24,30,33-35,38-40,54H,7-8,10-11,15,17-18,22-23,25-28H2,1-6H3,(H,47,56)(H,48,55)(H,49,52)(H,50,53);9,12-14,16,19-21,24,30,33-35,38-39H,7-8,10-11,15,17-18,22-23,25-28H2,1-6H3,(H,47,56)(H,48,55)(H,49,52)(H,50,53)/t33-,34?,35+,38+,39+,40?;33-,34?,35+,38+,39+/m11/s1. The van der Waals surface area contributed by atoms with E-state index in [1.807, 2.05) is 83.1 Å². The smallest absolute Gasteiger partial charge is 0.333 e. The number of aliphatic hydroxyl groups excluding tert-OH is 1. The van der Waals surface area contributed by atoms with Crippen molar-refractivity contribution in [1.29, 1.82) is 0 Å². The van der Waals surface area contributed by atoms with Crippen LogP contribution in [0.5, 0.6) is 11.5 Å². The molecule has 2 saturated heterocycles. The fraction of sp³-hybridized carbons (Fsp3) is 0.598. The Morgan fingerprint density at radius 3 is 1.34 bits per heavy atom. The highest BCUT2D eigenvalue weighted by molar-refractivity contribution is 6.38.